The third kappa shape index (κ3) is 2.15. The molecule has 7 heteroatoms. The van der Waals surface area contributed by atoms with Crippen LogP contribution in [-0.2, 0) is 9.59 Å². The largest absolute Gasteiger partial charge is 0.396 e. The van der Waals surface area contributed by atoms with Crippen LogP contribution in [0.4, 0.5) is 11.5 Å². The predicted octanol–water partition coefficient (Wildman–Crippen LogP) is -1.00. The van der Waals surface area contributed by atoms with Crippen molar-refractivity contribution >= 4 is 23.3 Å². The number of imide groups is 1. The average Bonchev–Trinajstić information content (AvgIpc) is 2.27. The minimum Gasteiger partial charge on any atom is -0.396 e. The first-order valence-corrected chi connectivity index (χ1v) is 4.83. The van der Waals surface area contributed by atoms with Crippen LogP contribution in [0.2, 0.25) is 0 Å². The molecule has 1 aliphatic rings. The SMILES string of the molecule is N#Cc1cnc(N2CC(=O)NC(=O)C2)c(N)c1. The molecule has 2 amide bonds. The van der Waals surface area contributed by atoms with E-state index < -0.39 is 11.8 Å². The molecule has 2 rings (SSSR count). The second-order valence-corrected chi connectivity index (χ2v) is 3.58. The number of carbonyl (C=O) groups excluding carboxylic acids is 2. The van der Waals surface area contributed by atoms with Crippen LogP contribution in [0.3, 0.4) is 0 Å². The van der Waals surface area contributed by atoms with Gasteiger partial charge in [0.25, 0.3) is 0 Å². The molecule has 1 saturated heterocycles. The summed E-state index contributed by atoms with van der Waals surface area (Å²) in [5.41, 5.74) is 6.32. The Morgan fingerprint density at radius 3 is 2.59 bits per heavy atom. The lowest BCUT2D eigenvalue weighted by atomic mass is 10.2. The number of anilines is 2. The number of nitriles is 1. The van der Waals surface area contributed by atoms with Crippen LogP contribution in [-0.4, -0.2) is 29.9 Å². The quantitative estimate of drug-likeness (QED) is 0.599. The van der Waals surface area contributed by atoms with E-state index in [2.05, 4.69) is 10.3 Å². The Balaban J connectivity index is 2.31. The van der Waals surface area contributed by atoms with Gasteiger partial charge in [-0.05, 0) is 6.07 Å². The maximum absolute atomic E-state index is 11.2. The van der Waals surface area contributed by atoms with Gasteiger partial charge in [0.1, 0.15) is 6.07 Å². The summed E-state index contributed by atoms with van der Waals surface area (Å²) < 4.78 is 0. The van der Waals surface area contributed by atoms with Gasteiger partial charge in [-0.25, -0.2) is 4.98 Å². The molecule has 17 heavy (non-hydrogen) atoms. The number of rotatable bonds is 1. The van der Waals surface area contributed by atoms with Gasteiger partial charge in [0, 0.05) is 6.20 Å². The van der Waals surface area contributed by atoms with Crippen LogP contribution in [0, 0.1) is 11.3 Å². The highest BCUT2D eigenvalue weighted by Gasteiger charge is 2.24. The van der Waals surface area contributed by atoms with Gasteiger partial charge in [-0.15, -0.1) is 0 Å². The molecule has 0 unspecified atom stereocenters. The van der Waals surface area contributed by atoms with Crippen molar-refractivity contribution in [1.82, 2.24) is 10.3 Å². The number of nitrogens with zero attached hydrogens (tertiary/aromatic N) is 3. The van der Waals surface area contributed by atoms with E-state index >= 15 is 0 Å². The molecule has 0 saturated carbocycles. The van der Waals surface area contributed by atoms with Gasteiger partial charge in [0.15, 0.2) is 5.82 Å². The van der Waals surface area contributed by atoms with Gasteiger partial charge in [0.2, 0.25) is 11.8 Å². The molecule has 0 atom stereocenters. The molecule has 0 aromatic carbocycles. The van der Waals surface area contributed by atoms with Crippen LogP contribution >= 0.6 is 0 Å². The van der Waals surface area contributed by atoms with Gasteiger partial charge in [-0.2, -0.15) is 5.26 Å². The number of hydrogen-bond donors (Lipinski definition) is 2. The Labute approximate surface area is 96.8 Å². The number of nitrogen functional groups attached to an aromatic ring is 1. The fourth-order valence-electron chi connectivity index (χ4n) is 1.59. The van der Waals surface area contributed by atoms with Gasteiger partial charge in [0.05, 0.1) is 24.3 Å². The van der Waals surface area contributed by atoms with E-state index in [1.807, 2.05) is 6.07 Å². The molecule has 1 aromatic rings. The average molecular weight is 231 g/mol. The van der Waals surface area contributed by atoms with Crippen molar-refractivity contribution in [1.29, 1.82) is 5.26 Å². The molecule has 2 heterocycles. The molecule has 1 aromatic heterocycles. The highest BCUT2D eigenvalue weighted by Crippen LogP contribution is 2.21. The Bertz CT molecular complexity index is 518. The Hall–Kier alpha value is -2.62. The normalized spacial score (nSPS) is 15.4. The Kier molecular flexibility index (Phi) is 2.62. The summed E-state index contributed by atoms with van der Waals surface area (Å²) in [7, 11) is 0. The van der Waals surface area contributed by atoms with Crippen molar-refractivity contribution in [3.63, 3.8) is 0 Å². The summed E-state index contributed by atoms with van der Waals surface area (Å²) in [6.07, 6.45) is 1.35. The number of pyridine rings is 1. The van der Waals surface area contributed by atoms with Crippen LogP contribution < -0.4 is 16.0 Å². The topological polar surface area (TPSA) is 112 Å². The fraction of sp³-hybridized carbons (Fsp3) is 0.200. The highest BCUT2D eigenvalue weighted by atomic mass is 16.2. The molecule has 0 aliphatic carbocycles. The van der Waals surface area contributed by atoms with Crippen molar-refractivity contribution in [3.05, 3.63) is 17.8 Å². The summed E-state index contributed by atoms with van der Waals surface area (Å²) in [5.74, 6) is -0.453. The predicted molar refractivity (Wildman–Crippen MR) is 58.7 cm³/mol. The third-order valence-corrected chi connectivity index (χ3v) is 2.27. The van der Waals surface area contributed by atoms with Gasteiger partial charge in [-0.1, -0.05) is 0 Å². The number of piperazine rings is 1. The standard InChI is InChI=1S/C10H9N5O2/c11-2-6-1-7(12)10(13-3-6)15-4-8(16)14-9(17)5-15/h1,3H,4-5,12H2,(H,14,16,17). The minimum atomic E-state index is -0.396. The fourth-order valence-corrected chi connectivity index (χ4v) is 1.59. The van der Waals surface area contributed by atoms with Crippen LogP contribution in [0.1, 0.15) is 5.56 Å². The van der Waals surface area contributed by atoms with E-state index in [9.17, 15) is 9.59 Å². The van der Waals surface area contributed by atoms with Crippen molar-refractivity contribution in [2.24, 2.45) is 0 Å². The first kappa shape index (κ1) is 10.9. The molecule has 1 fully saturated rings. The maximum atomic E-state index is 11.2. The summed E-state index contributed by atoms with van der Waals surface area (Å²) in [4.78, 5) is 27.9. The molecule has 0 spiro atoms. The van der Waals surface area contributed by atoms with Gasteiger partial charge < -0.3 is 10.6 Å². The van der Waals surface area contributed by atoms with Crippen molar-refractivity contribution in [3.8, 4) is 6.07 Å². The lowest BCUT2D eigenvalue weighted by molar-refractivity contribution is -0.130. The first-order valence-electron chi connectivity index (χ1n) is 4.83. The third-order valence-electron chi connectivity index (χ3n) is 2.27. The zero-order chi connectivity index (χ0) is 12.4. The Morgan fingerprint density at radius 2 is 2.06 bits per heavy atom. The number of aromatic nitrogens is 1. The van der Waals surface area contributed by atoms with Crippen LogP contribution in [0.15, 0.2) is 12.3 Å². The lowest BCUT2D eigenvalue weighted by Crippen LogP contribution is -2.51. The summed E-state index contributed by atoms with van der Waals surface area (Å²) in [5, 5.41) is 10.9. The smallest absolute Gasteiger partial charge is 0.246 e. The van der Waals surface area contributed by atoms with E-state index in [0.29, 0.717) is 11.4 Å². The first-order chi connectivity index (χ1) is 8.10. The highest BCUT2D eigenvalue weighted by molar-refractivity contribution is 6.03. The molecule has 0 radical (unpaired) electrons. The van der Waals surface area contributed by atoms with Crippen molar-refractivity contribution in [2.75, 3.05) is 23.7 Å². The summed E-state index contributed by atoms with van der Waals surface area (Å²) in [6.45, 7) is 0.0453. The molecule has 0 bridgehead atoms. The molecule has 86 valence electrons. The molecule has 3 N–H and O–H groups in total. The second kappa shape index (κ2) is 4.09. The van der Waals surface area contributed by atoms with Crippen LogP contribution in [0.5, 0.6) is 0 Å². The van der Waals surface area contributed by atoms with Gasteiger partial charge in [-0.3, -0.25) is 14.9 Å². The molecule has 1 aliphatic heterocycles. The molecular weight excluding hydrogens is 222 g/mol. The van der Waals surface area contributed by atoms with Crippen molar-refractivity contribution in [2.45, 2.75) is 0 Å². The van der Waals surface area contributed by atoms with E-state index in [0.717, 1.165) is 0 Å². The van der Waals surface area contributed by atoms with E-state index in [4.69, 9.17) is 11.0 Å². The number of carbonyl (C=O) groups is 2. The zero-order valence-corrected chi connectivity index (χ0v) is 8.80. The summed E-state index contributed by atoms with van der Waals surface area (Å²) >= 11 is 0. The number of amides is 2. The molecule has 7 nitrogen and oxygen atoms in total. The monoisotopic (exact) mass is 231 g/mol. The zero-order valence-electron chi connectivity index (χ0n) is 8.80. The van der Waals surface area contributed by atoms with E-state index in [1.165, 1.54) is 17.2 Å². The van der Waals surface area contributed by atoms with Crippen LogP contribution in [0.25, 0.3) is 0 Å². The summed E-state index contributed by atoms with van der Waals surface area (Å²) in [6, 6.07) is 3.37. The Morgan fingerprint density at radius 1 is 1.41 bits per heavy atom. The van der Waals surface area contributed by atoms with E-state index in [1.54, 1.807) is 0 Å². The number of nitrogens with two attached hydrogens (primary N) is 1. The lowest BCUT2D eigenvalue weighted by Gasteiger charge is -2.27. The van der Waals surface area contributed by atoms with Crippen molar-refractivity contribution < 1.29 is 9.59 Å². The second-order valence-electron chi connectivity index (χ2n) is 3.58. The maximum Gasteiger partial charge on any atom is 0.246 e. The minimum absolute atomic E-state index is 0.0227. The van der Waals surface area contributed by atoms with Gasteiger partial charge >= 0.3 is 0 Å². The number of nitrogens with one attached hydrogen (secondary N) is 1. The molecular formula is C10H9N5O2. The van der Waals surface area contributed by atoms with E-state index in [-0.39, 0.29) is 18.8 Å². The number of hydrogen-bond acceptors (Lipinski definition) is 6.